The summed E-state index contributed by atoms with van der Waals surface area (Å²) in [4.78, 5) is 24.7. The second-order valence-electron chi connectivity index (χ2n) is 6.97. The third-order valence-electron chi connectivity index (χ3n) is 4.79. The topological polar surface area (TPSA) is 93.5 Å². The summed E-state index contributed by atoms with van der Waals surface area (Å²) in [6, 6.07) is 14.8. The molecule has 0 spiro atoms. The van der Waals surface area contributed by atoms with E-state index in [0.717, 1.165) is 11.1 Å². The molecular formula is C21H26ClN3O3. The summed E-state index contributed by atoms with van der Waals surface area (Å²) in [6.45, 7) is 3.34. The van der Waals surface area contributed by atoms with Crippen molar-refractivity contribution in [3.8, 4) is 0 Å². The first-order valence-electron chi connectivity index (χ1n) is 9.08. The Morgan fingerprint density at radius 3 is 2.46 bits per heavy atom. The molecular weight excluding hydrogens is 378 g/mol. The molecule has 2 aromatic carbocycles. The standard InChI is InChI=1S/C21H25N3O3.ClH/c1-15-5-7-17(8-6-15)19(25)24-18-4-2-3-16(13-18)14-23-20(26)21(22)9-11-27-12-10-21;/h2-8,13H,9-12,14,22H2,1H3,(H,23,26)(H,24,25);1H. The number of rotatable bonds is 5. The van der Waals surface area contributed by atoms with E-state index in [1.165, 1.54) is 0 Å². The van der Waals surface area contributed by atoms with Gasteiger partial charge in [-0.1, -0.05) is 29.8 Å². The minimum absolute atomic E-state index is 0. The molecule has 6 nitrogen and oxygen atoms in total. The molecule has 150 valence electrons. The lowest BCUT2D eigenvalue weighted by atomic mass is 9.90. The summed E-state index contributed by atoms with van der Waals surface area (Å²) in [5, 5.41) is 5.78. The van der Waals surface area contributed by atoms with Gasteiger partial charge in [0.15, 0.2) is 0 Å². The molecule has 0 saturated carbocycles. The Morgan fingerprint density at radius 2 is 1.79 bits per heavy atom. The molecule has 0 radical (unpaired) electrons. The van der Waals surface area contributed by atoms with Gasteiger partial charge < -0.3 is 21.1 Å². The number of nitrogens with one attached hydrogen (secondary N) is 2. The van der Waals surface area contributed by atoms with E-state index in [4.69, 9.17) is 10.5 Å². The van der Waals surface area contributed by atoms with Crippen molar-refractivity contribution in [3.63, 3.8) is 0 Å². The van der Waals surface area contributed by atoms with E-state index in [1.54, 1.807) is 12.1 Å². The zero-order valence-electron chi connectivity index (χ0n) is 15.9. The lowest BCUT2D eigenvalue weighted by Gasteiger charge is -2.31. The first kappa shape index (κ1) is 21.9. The molecule has 1 heterocycles. The highest BCUT2D eigenvalue weighted by atomic mass is 35.5. The van der Waals surface area contributed by atoms with Gasteiger partial charge in [-0.25, -0.2) is 0 Å². The summed E-state index contributed by atoms with van der Waals surface area (Å²) >= 11 is 0. The molecule has 0 bridgehead atoms. The quantitative estimate of drug-likeness (QED) is 0.715. The van der Waals surface area contributed by atoms with Gasteiger partial charge in [-0.3, -0.25) is 9.59 Å². The third-order valence-corrected chi connectivity index (χ3v) is 4.79. The van der Waals surface area contributed by atoms with Gasteiger partial charge in [0.1, 0.15) is 0 Å². The second kappa shape index (κ2) is 9.68. The minimum Gasteiger partial charge on any atom is -0.381 e. The Kier molecular flexibility index (Phi) is 7.57. The van der Waals surface area contributed by atoms with Crippen LogP contribution in [-0.4, -0.2) is 30.6 Å². The fourth-order valence-electron chi connectivity index (χ4n) is 2.99. The number of amides is 2. The van der Waals surface area contributed by atoms with Crippen LogP contribution in [0, 0.1) is 6.92 Å². The predicted molar refractivity (Wildman–Crippen MR) is 112 cm³/mol. The fourth-order valence-corrected chi connectivity index (χ4v) is 2.99. The monoisotopic (exact) mass is 403 g/mol. The van der Waals surface area contributed by atoms with Crippen LogP contribution >= 0.6 is 12.4 Å². The number of carbonyl (C=O) groups excluding carboxylic acids is 2. The van der Waals surface area contributed by atoms with Crippen LogP contribution in [0.1, 0.15) is 34.3 Å². The first-order chi connectivity index (χ1) is 13.0. The zero-order chi connectivity index (χ0) is 19.3. The normalized spacial score (nSPS) is 15.2. The van der Waals surface area contributed by atoms with Crippen LogP contribution in [0.4, 0.5) is 5.69 Å². The Hall–Kier alpha value is -2.41. The van der Waals surface area contributed by atoms with Gasteiger partial charge >= 0.3 is 0 Å². The van der Waals surface area contributed by atoms with Crippen LogP contribution in [0.15, 0.2) is 48.5 Å². The summed E-state index contributed by atoms with van der Waals surface area (Å²) in [5.41, 5.74) is 8.60. The van der Waals surface area contributed by atoms with E-state index in [1.807, 2.05) is 43.3 Å². The molecule has 0 atom stereocenters. The maximum absolute atomic E-state index is 12.4. The van der Waals surface area contributed by atoms with Crippen LogP contribution in [0.2, 0.25) is 0 Å². The Labute approximate surface area is 171 Å². The van der Waals surface area contributed by atoms with E-state index in [2.05, 4.69) is 10.6 Å². The van der Waals surface area contributed by atoms with Gasteiger partial charge in [-0.05, 0) is 49.6 Å². The largest absolute Gasteiger partial charge is 0.381 e. The number of halogens is 1. The molecule has 4 N–H and O–H groups in total. The van der Waals surface area contributed by atoms with E-state index >= 15 is 0 Å². The molecule has 0 unspecified atom stereocenters. The van der Waals surface area contributed by atoms with Crippen molar-refractivity contribution in [1.29, 1.82) is 0 Å². The van der Waals surface area contributed by atoms with E-state index in [-0.39, 0.29) is 24.2 Å². The molecule has 1 aliphatic rings. The van der Waals surface area contributed by atoms with Crippen LogP contribution < -0.4 is 16.4 Å². The summed E-state index contributed by atoms with van der Waals surface area (Å²) in [7, 11) is 0. The van der Waals surface area contributed by atoms with E-state index < -0.39 is 5.54 Å². The van der Waals surface area contributed by atoms with Crippen molar-refractivity contribution in [2.75, 3.05) is 18.5 Å². The molecule has 7 heteroatoms. The van der Waals surface area contributed by atoms with Crippen molar-refractivity contribution in [2.45, 2.75) is 31.8 Å². The Balaban J connectivity index is 0.00000280. The lowest BCUT2D eigenvalue weighted by Crippen LogP contribution is -2.56. The van der Waals surface area contributed by atoms with Gasteiger partial charge in [0, 0.05) is 31.0 Å². The van der Waals surface area contributed by atoms with Gasteiger partial charge in [-0.2, -0.15) is 0 Å². The number of hydrogen-bond donors (Lipinski definition) is 3. The number of carbonyl (C=O) groups is 2. The number of benzene rings is 2. The Morgan fingerprint density at radius 1 is 1.11 bits per heavy atom. The van der Waals surface area contributed by atoms with E-state index in [9.17, 15) is 9.59 Å². The van der Waals surface area contributed by atoms with Crippen LogP contribution in [0.5, 0.6) is 0 Å². The summed E-state index contributed by atoms with van der Waals surface area (Å²) in [5.74, 6) is -0.334. The maximum atomic E-state index is 12.4. The van der Waals surface area contributed by atoms with Crippen LogP contribution in [-0.2, 0) is 16.1 Å². The van der Waals surface area contributed by atoms with Crippen LogP contribution in [0.3, 0.4) is 0 Å². The number of hydrogen-bond acceptors (Lipinski definition) is 4. The Bertz CT molecular complexity index is 818. The smallest absolute Gasteiger partial charge is 0.255 e. The minimum atomic E-state index is -0.866. The first-order valence-corrected chi connectivity index (χ1v) is 9.08. The number of ether oxygens (including phenoxy) is 1. The number of anilines is 1. The molecule has 0 aromatic heterocycles. The van der Waals surface area contributed by atoms with Crippen LogP contribution in [0.25, 0.3) is 0 Å². The van der Waals surface area contributed by atoms with Gasteiger partial charge in [-0.15, -0.1) is 12.4 Å². The highest BCUT2D eigenvalue weighted by Crippen LogP contribution is 2.18. The van der Waals surface area contributed by atoms with Crippen molar-refractivity contribution < 1.29 is 14.3 Å². The zero-order valence-corrected chi connectivity index (χ0v) is 16.7. The fraction of sp³-hybridized carbons (Fsp3) is 0.333. The van der Waals surface area contributed by atoms with E-state index in [0.29, 0.717) is 43.9 Å². The average Bonchev–Trinajstić information content (AvgIpc) is 2.67. The third kappa shape index (κ3) is 5.55. The van der Waals surface area contributed by atoms with Gasteiger partial charge in [0.25, 0.3) is 5.91 Å². The molecule has 1 aliphatic heterocycles. The lowest BCUT2D eigenvalue weighted by molar-refractivity contribution is -0.129. The highest BCUT2D eigenvalue weighted by Gasteiger charge is 2.35. The molecule has 0 aliphatic carbocycles. The maximum Gasteiger partial charge on any atom is 0.255 e. The number of nitrogens with two attached hydrogens (primary N) is 1. The second-order valence-corrected chi connectivity index (χ2v) is 6.97. The molecule has 1 fully saturated rings. The molecule has 2 amide bonds. The molecule has 28 heavy (non-hydrogen) atoms. The van der Waals surface area contributed by atoms with Crippen molar-refractivity contribution >= 4 is 29.9 Å². The van der Waals surface area contributed by atoms with Crippen molar-refractivity contribution in [1.82, 2.24) is 5.32 Å². The summed E-state index contributed by atoms with van der Waals surface area (Å²) < 4.78 is 5.27. The predicted octanol–water partition coefficient (Wildman–Crippen LogP) is 2.79. The number of aryl methyl sites for hydroxylation is 1. The highest BCUT2D eigenvalue weighted by molar-refractivity contribution is 6.04. The van der Waals surface area contributed by atoms with Crippen molar-refractivity contribution in [3.05, 3.63) is 65.2 Å². The average molecular weight is 404 g/mol. The summed E-state index contributed by atoms with van der Waals surface area (Å²) in [6.07, 6.45) is 1.04. The molecule has 3 rings (SSSR count). The molecule has 1 saturated heterocycles. The molecule has 2 aromatic rings. The van der Waals surface area contributed by atoms with Crippen molar-refractivity contribution in [2.24, 2.45) is 5.73 Å². The van der Waals surface area contributed by atoms with Gasteiger partial charge in [0.2, 0.25) is 5.91 Å². The SMILES string of the molecule is Cc1ccc(C(=O)Nc2cccc(CNC(=O)C3(N)CCOCC3)c2)cc1.Cl. The van der Waals surface area contributed by atoms with Gasteiger partial charge in [0.05, 0.1) is 5.54 Å².